The Labute approximate surface area is 98.8 Å². The average molecular weight is 240 g/mol. The van der Waals surface area contributed by atoms with Gasteiger partial charge in [-0.2, -0.15) is 4.37 Å². The van der Waals surface area contributed by atoms with Crippen molar-refractivity contribution in [2.45, 2.75) is 38.6 Å². The number of amides is 1. The number of nitrogens with one attached hydrogen (secondary N) is 2. The third-order valence-corrected chi connectivity index (χ3v) is 3.22. The van der Waals surface area contributed by atoms with Gasteiger partial charge in [-0.3, -0.25) is 4.79 Å². The number of hydrogen-bond acceptors (Lipinski definition) is 5. The number of carbonyl (C=O) groups excluding carboxylic acids is 1. The zero-order valence-electron chi connectivity index (χ0n) is 9.32. The molecule has 16 heavy (non-hydrogen) atoms. The number of aromatic nitrogens is 2. The van der Waals surface area contributed by atoms with Crippen LogP contribution < -0.4 is 10.6 Å². The van der Waals surface area contributed by atoms with Gasteiger partial charge in [0.05, 0.1) is 0 Å². The maximum Gasteiger partial charge on any atom is 0.220 e. The first-order chi connectivity index (χ1) is 7.78. The SMILES string of the molecule is CCCc1nsc(NC2CCC(=O)NC2)n1. The molecule has 0 bridgehead atoms. The van der Waals surface area contributed by atoms with Gasteiger partial charge in [-0.05, 0) is 12.8 Å². The van der Waals surface area contributed by atoms with Gasteiger partial charge in [0.1, 0.15) is 5.82 Å². The van der Waals surface area contributed by atoms with Gasteiger partial charge in [-0.1, -0.05) is 6.92 Å². The molecule has 1 aliphatic heterocycles. The number of aryl methyl sites for hydroxylation is 1. The van der Waals surface area contributed by atoms with Crippen LogP contribution in [0.1, 0.15) is 32.0 Å². The van der Waals surface area contributed by atoms with Crippen LogP contribution in [0.3, 0.4) is 0 Å². The molecule has 0 saturated carbocycles. The minimum absolute atomic E-state index is 0.141. The van der Waals surface area contributed by atoms with Crippen molar-refractivity contribution in [3.63, 3.8) is 0 Å². The lowest BCUT2D eigenvalue weighted by atomic mass is 10.1. The first kappa shape index (κ1) is 11.3. The quantitative estimate of drug-likeness (QED) is 0.829. The van der Waals surface area contributed by atoms with Crippen LogP contribution in [0.25, 0.3) is 0 Å². The van der Waals surface area contributed by atoms with E-state index < -0.39 is 0 Å². The molecule has 1 atom stereocenters. The van der Waals surface area contributed by atoms with E-state index in [1.165, 1.54) is 11.5 Å². The summed E-state index contributed by atoms with van der Waals surface area (Å²) in [5.41, 5.74) is 0. The Hall–Kier alpha value is -1.17. The lowest BCUT2D eigenvalue weighted by Crippen LogP contribution is -2.41. The molecule has 6 heteroatoms. The van der Waals surface area contributed by atoms with E-state index >= 15 is 0 Å². The highest BCUT2D eigenvalue weighted by atomic mass is 32.1. The standard InChI is InChI=1S/C10H16N4OS/c1-2-3-8-13-10(16-14-8)12-7-4-5-9(15)11-6-7/h7H,2-6H2,1H3,(H,11,15)(H,12,13,14). The molecule has 2 N–H and O–H groups in total. The first-order valence-corrected chi connectivity index (χ1v) is 6.41. The molecule has 1 aromatic rings. The van der Waals surface area contributed by atoms with Crippen LogP contribution >= 0.6 is 11.5 Å². The van der Waals surface area contributed by atoms with Gasteiger partial charge in [0.2, 0.25) is 11.0 Å². The van der Waals surface area contributed by atoms with Gasteiger partial charge in [0.15, 0.2) is 0 Å². The largest absolute Gasteiger partial charge is 0.356 e. The Morgan fingerprint density at radius 3 is 3.19 bits per heavy atom. The van der Waals surface area contributed by atoms with E-state index in [1.807, 2.05) is 0 Å². The number of nitrogens with zero attached hydrogens (tertiary/aromatic N) is 2. The van der Waals surface area contributed by atoms with E-state index in [1.54, 1.807) is 0 Å². The topological polar surface area (TPSA) is 66.9 Å². The normalized spacial score (nSPS) is 20.6. The molecule has 1 fully saturated rings. The second-order valence-electron chi connectivity index (χ2n) is 3.95. The lowest BCUT2D eigenvalue weighted by molar-refractivity contribution is -0.122. The molecule has 2 rings (SSSR count). The number of rotatable bonds is 4. The Bertz CT molecular complexity index is 355. The second kappa shape index (κ2) is 5.25. The van der Waals surface area contributed by atoms with Gasteiger partial charge in [-0.25, -0.2) is 4.98 Å². The van der Waals surface area contributed by atoms with Crippen molar-refractivity contribution in [3.05, 3.63) is 5.82 Å². The first-order valence-electron chi connectivity index (χ1n) is 5.63. The molecule has 5 nitrogen and oxygen atoms in total. The van der Waals surface area contributed by atoms with Crippen molar-refractivity contribution in [3.8, 4) is 0 Å². The zero-order chi connectivity index (χ0) is 11.4. The summed E-state index contributed by atoms with van der Waals surface area (Å²) in [6, 6.07) is 0.292. The molecular weight excluding hydrogens is 224 g/mol. The molecular formula is C10H16N4OS. The van der Waals surface area contributed by atoms with Gasteiger partial charge >= 0.3 is 0 Å². The van der Waals surface area contributed by atoms with Gasteiger partial charge in [0, 0.05) is 37.0 Å². The molecule has 1 saturated heterocycles. The molecule has 1 aromatic heterocycles. The number of carbonyl (C=O) groups is 1. The smallest absolute Gasteiger partial charge is 0.220 e. The number of anilines is 1. The molecule has 1 aliphatic rings. The Kier molecular flexibility index (Phi) is 3.71. The number of hydrogen-bond donors (Lipinski definition) is 2. The summed E-state index contributed by atoms with van der Waals surface area (Å²) in [7, 11) is 0. The highest BCUT2D eigenvalue weighted by Gasteiger charge is 2.18. The summed E-state index contributed by atoms with van der Waals surface area (Å²) in [5, 5.41) is 7.02. The minimum Gasteiger partial charge on any atom is -0.356 e. The van der Waals surface area contributed by atoms with Crippen molar-refractivity contribution in [1.82, 2.24) is 14.7 Å². The fourth-order valence-electron chi connectivity index (χ4n) is 1.67. The molecule has 0 aliphatic carbocycles. The van der Waals surface area contributed by atoms with E-state index in [-0.39, 0.29) is 5.91 Å². The fraction of sp³-hybridized carbons (Fsp3) is 0.700. The van der Waals surface area contributed by atoms with Gasteiger partial charge < -0.3 is 10.6 Å². The summed E-state index contributed by atoms with van der Waals surface area (Å²) in [5.74, 6) is 1.05. The summed E-state index contributed by atoms with van der Waals surface area (Å²) in [4.78, 5) is 15.4. The molecule has 88 valence electrons. The fourth-order valence-corrected chi connectivity index (χ4v) is 2.36. The van der Waals surface area contributed by atoms with E-state index in [2.05, 4.69) is 26.9 Å². The van der Waals surface area contributed by atoms with Crippen LogP contribution in [0.5, 0.6) is 0 Å². The van der Waals surface area contributed by atoms with E-state index in [4.69, 9.17) is 0 Å². The molecule has 0 aromatic carbocycles. The predicted octanol–water partition coefficient (Wildman–Crippen LogP) is 1.18. The van der Waals surface area contributed by atoms with Crippen molar-refractivity contribution in [2.75, 3.05) is 11.9 Å². The van der Waals surface area contributed by atoms with E-state index in [0.717, 1.165) is 30.2 Å². The van der Waals surface area contributed by atoms with Crippen LogP contribution in [0.2, 0.25) is 0 Å². The van der Waals surface area contributed by atoms with Crippen molar-refractivity contribution in [2.24, 2.45) is 0 Å². The second-order valence-corrected chi connectivity index (χ2v) is 4.70. The van der Waals surface area contributed by atoms with E-state index in [9.17, 15) is 4.79 Å². The summed E-state index contributed by atoms with van der Waals surface area (Å²) >= 11 is 1.40. The maximum atomic E-state index is 11.0. The summed E-state index contributed by atoms with van der Waals surface area (Å²) < 4.78 is 4.27. The molecule has 0 spiro atoms. The van der Waals surface area contributed by atoms with Gasteiger partial charge in [0.25, 0.3) is 0 Å². The van der Waals surface area contributed by atoms with E-state index in [0.29, 0.717) is 19.0 Å². The third-order valence-electron chi connectivity index (χ3n) is 2.53. The van der Waals surface area contributed by atoms with Crippen LogP contribution in [-0.2, 0) is 11.2 Å². The van der Waals surface area contributed by atoms with Crippen LogP contribution in [0, 0.1) is 0 Å². The van der Waals surface area contributed by atoms with Gasteiger partial charge in [-0.15, -0.1) is 0 Å². The minimum atomic E-state index is 0.141. The zero-order valence-corrected chi connectivity index (χ0v) is 10.1. The van der Waals surface area contributed by atoms with Crippen LogP contribution in [-0.4, -0.2) is 27.9 Å². The number of piperidine rings is 1. The van der Waals surface area contributed by atoms with Crippen LogP contribution in [0.15, 0.2) is 0 Å². The summed E-state index contributed by atoms with van der Waals surface area (Å²) in [6.07, 6.45) is 3.46. The van der Waals surface area contributed by atoms with Crippen LogP contribution in [0.4, 0.5) is 5.13 Å². The average Bonchev–Trinajstić information content (AvgIpc) is 2.70. The Balaban J connectivity index is 1.86. The molecule has 0 radical (unpaired) electrons. The molecule has 1 amide bonds. The lowest BCUT2D eigenvalue weighted by Gasteiger charge is -2.22. The monoisotopic (exact) mass is 240 g/mol. The maximum absolute atomic E-state index is 11.0. The Morgan fingerprint density at radius 1 is 1.62 bits per heavy atom. The van der Waals surface area contributed by atoms with Crippen molar-refractivity contribution in [1.29, 1.82) is 0 Å². The predicted molar refractivity (Wildman–Crippen MR) is 63.6 cm³/mol. The molecule has 2 heterocycles. The summed E-state index contributed by atoms with van der Waals surface area (Å²) in [6.45, 7) is 2.80. The van der Waals surface area contributed by atoms with Crippen molar-refractivity contribution < 1.29 is 4.79 Å². The molecule has 1 unspecified atom stereocenters. The highest BCUT2D eigenvalue weighted by molar-refractivity contribution is 7.09. The van der Waals surface area contributed by atoms with Crippen molar-refractivity contribution >= 4 is 22.6 Å². The third kappa shape index (κ3) is 2.91. The Morgan fingerprint density at radius 2 is 2.50 bits per heavy atom. The highest BCUT2D eigenvalue weighted by Crippen LogP contribution is 2.15.